The van der Waals surface area contributed by atoms with Gasteiger partial charge in [-0.2, -0.15) is 0 Å². The molecule has 3 heteroatoms. The molecule has 0 N–H and O–H groups in total. The zero-order chi connectivity index (χ0) is 41.7. The van der Waals surface area contributed by atoms with Crippen LogP contribution in [-0.2, 0) is 5.41 Å². The minimum atomic E-state index is -0.501. The molecular weight excluding hydrogens is 763 g/mol. The Balaban J connectivity index is 0.988. The third-order valence-corrected chi connectivity index (χ3v) is 12.8. The number of pyridine rings is 1. The lowest BCUT2D eigenvalue weighted by Gasteiger charge is -2.34. The van der Waals surface area contributed by atoms with E-state index in [2.05, 4.69) is 200 Å². The zero-order valence-electron chi connectivity index (χ0n) is 34.4. The van der Waals surface area contributed by atoms with Gasteiger partial charge < -0.3 is 0 Å². The largest absolute Gasteiger partial charge is 0.247 e. The van der Waals surface area contributed by atoms with E-state index in [9.17, 15) is 0 Å². The SMILES string of the molecule is c1ccc(-c2cc(-c3ccccc3)nc(-c3ccc(-c4ccc(-c5nc6ccccc6c6ccc7c(c56)-c5ccccc5C7(c5ccccc5)c5ccccc5)cc4)cc3)n2)cc1. The minimum absolute atomic E-state index is 0.501. The monoisotopic (exact) mass is 801 g/mol. The highest BCUT2D eigenvalue weighted by Gasteiger charge is 2.47. The predicted molar refractivity (Wildman–Crippen MR) is 259 cm³/mol. The Morgan fingerprint density at radius 3 is 1.41 bits per heavy atom. The Hall–Kier alpha value is -8.27. The van der Waals surface area contributed by atoms with Gasteiger partial charge in [-0.05, 0) is 62.0 Å². The number of para-hydroxylation sites is 1. The first-order valence-corrected chi connectivity index (χ1v) is 21.5. The molecule has 2 heterocycles. The Morgan fingerprint density at radius 1 is 0.317 bits per heavy atom. The van der Waals surface area contributed by atoms with Crippen LogP contribution in [0.1, 0.15) is 22.3 Å². The third kappa shape index (κ3) is 6.01. The van der Waals surface area contributed by atoms with Crippen LogP contribution in [0, 0.1) is 0 Å². The van der Waals surface area contributed by atoms with Crippen molar-refractivity contribution in [2.24, 2.45) is 0 Å². The maximum absolute atomic E-state index is 5.51. The van der Waals surface area contributed by atoms with Crippen LogP contribution < -0.4 is 0 Å². The fourth-order valence-electron chi connectivity index (χ4n) is 9.91. The first kappa shape index (κ1) is 36.6. The van der Waals surface area contributed by atoms with Crippen molar-refractivity contribution in [1.29, 1.82) is 0 Å². The van der Waals surface area contributed by atoms with Crippen molar-refractivity contribution in [3.63, 3.8) is 0 Å². The standard InChI is InChI=1S/C60H39N3/c1-5-17-42(18-6-1)54-39-55(43-19-7-2-8-20-43)63-59(62-54)45-35-31-41(32-36-45)40-29-33-44(34-30-40)58-57-49(48-25-14-16-28-53(48)61-58)37-38-52-56(57)50-26-13-15-27-51(50)60(52,46-21-9-3-10-22-46)47-23-11-4-12-24-47/h1-39H. The van der Waals surface area contributed by atoms with E-state index in [0.29, 0.717) is 5.82 Å². The summed E-state index contributed by atoms with van der Waals surface area (Å²) < 4.78 is 0. The molecule has 0 saturated carbocycles. The van der Waals surface area contributed by atoms with E-state index in [1.807, 2.05) is 36.4 Å². The second-order valence-electron chi connectivity index (χ2n) is 16.3. The molecule has 0 radical (unpaired) electrons. The van der Waals surface area contributed by atoms with Gasteiger partial charge in [0.1, 0.15) is 0 Å². The molecule has 0 atom stereocenters. The van der Waals surface area contributed by atoms with Gasteiger partial charge in [0.15, 0.2) is 5.82 Å². The fourth-order valence-corrected chi connectivity index (χ4v) is 9.91. The minimum Gasteiger partial charge on any atom is -0.247 e. The summed E-state index contributed by atoms with van der Waals surface area (Å²) in [5.41, 5.74) is 17.2. The highest BCUT2D eigenvalue weighted by atomic mass is 14.9. The molecule has 1 aliphatic rings. The normalized spacial score (nSPS) is 12.6. The summed E-state index contributed by atoms with van der Waals surface area (Å²) in [6.45, 7) is 0. The van der Waals surface area contributed by atoms with Crippen LogP contribution in [0.15, 0.2) is 237 Å². The fraction of sp³-hybridized carbons (Fsp3) is 0.0167. The molecule has 12 rings (SSSR count). The maximum atomic E-state index is 5.51. The Morgan fingerprint density at radius 2 is 0.810 bits per heavy atom. The highest BCUT2D eigenvalue weighted by Crippen LogP contribution is 2.59. The number of rotatable bonds is 7. The van der Waals surface area contributed by atoms with Crippen LogP contribution in [0.5, 0.6) is 0 Å². The van der Waals surface area contributed by atoms with E-state index in [1.54, 1.807) is 0 Å². The molecule has 11 aromatic rings. The Bertz CT molecular complexity index is 3360. The van der Waals surface area contributed by atoms with Crippen LogP contribution in [0.3, 0.4) is 0 Å². The predicted octanol–water partition coefficient (Wildman–Crippen LogP) is 14.9. The van der Waals surface area contributed by atoms with Crippen LogP contribution in [0.25, 0.3) is 89.1 Å². The van der Waals surface area contributed by atoms with Gasteiger partial charge in [0.2, 0.25) is 0 Å². The van der Waals surface area contributed by atoms with Crippen molar-refractivity contribution >= 4 is 21.7 Å². The quantitative estimate of drug-likeness (QED) is 0.151. The molecule has 1 aliphatic carbocycles. The smallest absolute Gasteiger partial charge is 0.160 e. The highest BCUT2D eigenvalue weighted by molar-refractivity contribution is 6.18. The second-order valence-corrected chi connectivity index (χ2v) is 16.3. The van der Waals surface area contributed by atoms with Crippen LogP contribution in [0.2, 0.25) is 0 Å². The van der Waals surface area contributed by atoms with Gasteiger partial charge in [-0.25, -0.2) is 15.0 Å². The summed E-state index contributed by atoms with van der Waals surface area (Å²) in [6.07, 6.45) is 0. The molecular formula is C60H39N3. The van der Waals surface area contributed by atoms with Crippen molar-refractivity contribution in [2.45, 2.75) is 5.41 Å². The molecule has 0 spiro atoms. The van der Waals surface area contributed by atoms with Crippen LogP contribution in [0.4, 0.5) is 0 Å². The third-order valence-electron chi connectivity index (χ3n) is 12.8. The van der Waals surface area contributed by atoms with Gasteiger partial charge in [-0.15, -0.1) is 0 Å². The van der Waals surface area contributed by atoms with Crippen LogP contribution >= 0.6 is 0 Å². The lowest BCUT2D eigenvalue weighted by atomic mass is 9.67. The summed E-state index contributed by atoms with van der Waals surface area (Å²) in [4.78, 5) is 15.6. The molecule has 9 aromatic carbocycles. The number of fused-ring (bicyclic) bond motifs is 7. The topological polar surface area (TPSA) is 38.7 Å². The summed E-state index contributed by atoms with van der Waals surface area (Å²) in [5, 5.41) is 3.53. The van der Waals surface area contributed by atoms with Gasteiger partial charge >= 0.3 is 0 Å². The first-order valence-electron chi connectivity index (χ1n) is 21.5. The summed E-state index contributed by atoms with van der Waals surface area (Å²) in [7, 11) is 0. The van der Waals surface area contributed by atoms with Crippen molar-refractivity contribution in [2.75, 3.05) is 0 Å². The van der Waals surface area contributed by atoms with E-state index in [4.69, 9.17) is 15.0 Å². The Labute approximate surface area is 366 Å². The number of hydrogen-bond donors (Lipinski definition) is 0. The van der Waals surface area contributed by atoms with Crippen molar-refractivity contribution < 1.29 is 0 Å². The van der Waals surface area contributed by atoms with Gasteiger partial charge in [-0.1, -0.05) is 224 Å². The van der Waals surface area contributed by atoms with Gasteiger partial charge in [0.05, 0.1) is 28.0 Å². The molecule has 0 amide bonds. The van der Waals surface area contributed by atoms with Crippen molar-refractivity contribution in [3.8, 4) is 67.4 Å². The van der Waals surface area contributed by atoms with Gasteiger partial charge in [0.25, 0.3) is 0 Å². The van der Waals surface area contributed by atoms with E-state index >= 15 is 0 Å². The van der Waals surface area contributed by atoms with E-state index < -0.39 is 5.41 Å². The van der Waals surface area contributed by atoms with Crippen molar-refractivity contribution in [1.82, 2.24) is 15.0 Å². The summed E-state index contributed by atoms with van der Waals surface area (Å²) >= 11 is 0. The van der Waals surface area contributed by atoms with Crippen LogP contribution in [-0.4, -0.2) is 15.0 Å². The van der Waals surface area contributed by atoms with E-state index in [-0.39, 0.29) is 0 Å². The first-order chi connectivity index (χ1) is 31.2. The number of nitrogens with zero attached hydrogens (tertiary/aromatic N) is 3. The molecule has 0 bridgehead atoms. The number of hydrogen-bond acceptors (Lipinski definition) is 3. The van der Waals surface area contributed by atoms with Gasteiger partial charge in [0, 0.05) is 33.0 Å². The molecule has 0 fully saturated rings. The van der Waals surface area contributed by atoms with E-state index in [0.717, 1.165) is 61.4 Å². The summed E-state index contributed by atoms with van der Waals surface area (Å²) in [5.74, 6) is 0.698. The molecule has 3 nitrogen and oxygen atoms in total. The van der Waals surface area contributed by atoms with Crippen molar-refractivity contribution in [3.05, 3.63) is 259 Å². The summed E-state index contributed by atoms with van der Waals surface area (Å²) in [6, 6.07) is 84.5. The number of benzene rings is 9. The molecule has 2 aromatic heterocycles. The molecule has 0 unspecified atom stereocenters. The maximum Gasteiger partial charge on any atom is 0.160 e. The van der Waals surface area contributed by atoms with E-state index in [1.165, 1.54) is 44.2 Å². The molecule has 0 aliphatic heterocycles. The van der Waals surface area contributed by atoms with Gasteiger partial charge in [-0.3, -0.25) is 0 Å². The second kappa shape index (κ2) is 15.0. The Kier molecular flexibility index (Phi) is 8.72. The molecule has 0 saturated heterocycles. The average molecular weight is 802 g/mol. The average Bonchev–Trinajstić information content (AvgIpc) is 3.68. The zero-order valence-corrected chi connectivity index (χ0v) is 34.4. The lowest BCUT2D eigenvalue weighted by molar-refractivity contribution is 0.769. The number of aromatic nitrogens is 3. The molecule has 294 valence electrons. The molecule has 63 heavy (non-hydrogen) atoms. The lowest BCUT2D eigenvalue weighted by Crippen LogP contribution is -2.28.